The molecular weight excluding hydrogens is 286 g/mol. The molecule has 0 spiro atoms. The van der Waals surface area contributed by atoms with E-state index in [-0.39, 0.29) is 22.8 Å². The predicted molar refractivity (Wildman–Crippen MR) is 76.0 cm³/mol. The molecule has 0 radical (unpaired) electrons. The number of halogens is 2. The van der Waals surface area contributed by atoms with Crippen molar-refractivity contribution in [1.82, 2.24) is 5.32 Å². The summed E-state index contributed by atoms with van der Waals surface area (Å²) in [5.74, 6) is -0.477. The number of nitrogens with one attached hydrogen (secondary N) is 1. The molecule has 0 aromatic heterocycles. The molecule has 1 amide bonds. The number of hydrogen-bond acceptors (Lipinski definition) is 3. The second-order valence-electron chi connectivity index (χ2n) is 4.84. The van der Waals surface area contributed by atoms with E-state index in [4.69, 9.17) is 18.0 Å². The van der Waals surface area contributed by atoms with Crippen molar-refractivity contribution < 1.29 is 18.3 Å². The summed E-state index contributed by atoms with van der Waals surface area (Å²) in [5.41, 5.74) is 5.25. The first kappa shape index (κ1) is 16.3. The summed E-state index contributed by atoms with van der Waals surface area (Å²) in [6.07, 6.45) is 0. The summed E-state index contributed by atoms with van der Waals surface area (Å²) in [7, 11) is 0. The molecule has 0 saturated carbocycles. The van der Waals surface area contributed by atoms with Crippen LogP contribution in [-0.2, 0) is 0 Å². The maximum atomic E-state index is 12.1. The average Bonchev–Trinajstić information content (AvgIpc) is 2.35. The van der Waals surface area contributed by atoms with Gasteiger partial charge in [-0.2, -0.15) is 8.78 Å². The third kappa shape index (κ3) is 4.73. The molecule has 4 nitrogen and oxygen atoms in total. The van der Waals surface area contributed by atoms with Crippen molar-refractivity contribution in [2.45, 2.75) is 20.5 Å². The van der Waals surface area contributed by atoms with E-state index in [1.807, 2.05) is 0 Å². The van der Waals surface area contributed by atoms with E-state index in [1.165, 1.54) is 24.3 Å². The zero-order valence-corrected chi connectivity index (χ0v) is 12.0. The van der Waals surface area contributed by atoms with Gasteiger partial charge in [-0.3, -0.25) is 4.79 Å². The normalized spacial score (nSPS) is 11.2. The van der Waals surface area contributed by atoms with Gasteiger partial charge < -0.3 is 15.8 Å². The van der Waals surface area contributed by atoms with E-state index in [0.29, 0.717) is 0 Å². The van der Waals surface area contributed by atoms with Crippen LogP contribution in [0.4, 0.5) is 8.78 Å². The third-order valence-electron chi connectivity index (χ3n) is 2.68. The van der Waals surface area contributed by atoms with Gasteiger partial charge in [-0.25, -0.2) is 0 Å². The molecule has 0 saturated heterocycles. The van der Waals surface area contributed by atoms with Crippen molar-refractivity contribution in [3.05, 3.63) is 29.8 Å². The molecule has 0 fully saturated rings. The van der Waals surface area contributed by atoms with Gasteiger partial charge in [-0.05, 0) is 18.2 Å². The second kappa shape index (κ2) is 6.60. The van der Waals surface area contributed by atoms with Crippen LogP contribution in [0.25, 0.3) is 0 Å². The lowest BCUT2D eigenvalue weighted by Crippen LogP contribution is -2.41. The number of rotatable bonds is 6. The fourth-order valence-electron chi connectivity index (χ4n) is 1.30. The van der Waals surface area contributed by atoms with Crippen molar-refractivity contribution in [3.8, 4) is 5.75 Å². The Kier molecular flexibility index (Phi) is 5.38. The number of amides is 1. The van der Waals surface area contributed by atoms with Gasteiger partial charge in [0.25, 0.3) is 5.91 Å². The summed E-state index contributed by atoms with van der Waals surface area (Å²) < 4.78 is 28.4. The van der Waals surface area contributed by atoms with E-state index in [9.17, 15) is 13.6 Å². The molecule has 0 bridgehead atoms. The van der Waals surface area contributed by atoms with Gasteiger partial charge in [-0.15, -0.1) is 0 Å². The molecule has 1 rings (SSSR count). The number of ether oxygens (including phenoxy) is 1. The Labute approximate surface area is 121 Å². The van der Waals surface area contributed by atoms with Crippen molar-refractivity contribution in [2.24, 2.45) is 11.1 Å². The molecule has 3 N–H and O–H groups in total. The van der Waals surface area contributed by atoms with Crippen LogP contribution >= 0.6 is 12.2 Å². The Morgan fingerprint density at radius 1 is 1.50 bits per heavy atom. The Morgan fingerprint density at radius 2 is 2.15 bits per heavy atom. The van der Waals surface area contributed by atoms with Gasteiger partial charge in [-0.1, -0.05) is 32.1 Å². The molecule has 20 heavy (non-hydrogen) atoms. The SMILES string of the molecule is CC(C)(CNC(=O)c1cccc(OC(F)F)c1)C(N)=S. The van der Waals surface area contributed by atoms with Gasteiger partial charge >= 0.3 is 6.61 Å². The number of benzene rings is 1. The van der Waals surface area contributed by atoms with Gasteiger partial charge in [0.15, 0.2) is 0 Å². The van der Waals surface area contributed by atoms with E-state index < -0.39 is 17.9 Å². The highest BCUT2D eigenvalue weighted by Gasteiger charge is 2.22. The quantitative estimate of drug-likeness (QED) is 0.792. The molecule has 0 aliphatic carbocycles. The zero-order chi connectivity index (χ0) is 15.3. The molecule has 0 heterocycles. The minimum Gasteiger partial charge on any atom is -0.435 e. The first-order chi connectivity index (χ1) is 9.22. The van der Waals surface area contributed by atoms with E-state index in [2.05, 4.69) is 10.1 Å². The van der Waals surface area contributed by atoms with Gasteiger partial charge in [0.1, 0.15) is 5.75 Å². The zero-order valence-electron chi connectivity index (χ0n) is 11.2. The van der Waals surface area contributed by atoms with Crippen molar-refractivity contribution in [1.29, 1.82) is 0 Å². The molecule has 0 unspecified atom stereocenters. The van der Waals surface area contributed by atoms with Crippen LogP contribution in [0.5, 0.6) is 5.75 Å². The minimum atomic E-state index is -2.93. The summed E-state index contributed by atoms with van der Waals surface area (Å²) in [4.78, 5) is 12.2. The lowest BCUT2D eigenvalue weighted by atomic mass is 9.93. The first-order valence-corrected chi connectivity index (χ1v) is 6.26. The van der Waals surface area contributed by atoms with E-state index in [0.717, 1.165) is 0 Å². The molecule has 110 valence electrons. The van der Waals surface area contributed by atoms with Crippen molar-refractivity contribution in [3.63, 3.8) is 0 Å². The maximum absolute atomic E-state index is 12.1. The van der Waals surface area contributed by atoms with Crippen LogP contribution in [0.1, 0.15) is 24.2 Å². The number of alkyl halides is 2. The Morgan fingerprint density at radius 3 is 2.70 bits per heavy atom. The molecule has 7 heteroatoms. The maximum Gasteiger partial charge on any atom is 0.387 e. The fourth-order valence-corrected chi connectivity index (χ4v) is 1.38. The molecule has 0 aliphatic rings. The lowest BCUT2D eigenvalue weighted by molar-refractivity contribution is -0.0498. The smallest absolute Gasteiger partial charge is 0.387 e. The van der Waals surface area contributed by atoms with E-state index in [1.54, 1.807) is 13.8 Å². The second-order valence-corrected chi connectivity index (χ2v) is 5.28. The van der Waals surface area contributed by atoms with Gasteiger partial charge in [0.2, 0.25) is 0 Å². The highest BCUT2D eigenvalue weighted by atomic mass is 32.1. The van der Waals surface area contributed by atoms with Crippen LogP contribution in [0.3, 0.4) is 0 Å². The lowest BCUT2D eigenvalue weighted by Gasteiger charge is -2.23. The number of nitrogens with two attached hydrogens (primary N) is 1. The number of thiocarbonyl (C=S) groups is 1. The van der Waals surface area contributed by atoms with Crippen molar-refractivity contribution in [2.75, 3.05) is 6.54 Å². The Balaban J connectivity index is 2.71. The van der Waals surface area contributed by atoms with Crippen LogP contribution in [-0.4, -0.2) is 24.1 Å². The third-order valence-corrected chi connectivity index (χ3v) is 3.23. The average molecular weight is 302 g/mol. The molecule has 0 atom stereocenters. The summed E-state index contributed by atoms with van der Waals surface area (Å²) in [6.45, 7) is 0.917. The molecule has 1 aromatic carbocycles. The highest BCUT2D eigenvalue weighted by Crippen LogP contribution is 2.17. The van der Waals surface area contributed by atoms with Crippen LogP contribution < -0.4 is 15.8 Å². The Bertz CT molecular complexity index is 507. The van der Waals surface area contributed by atoms with Crippen LogP contribution in [0, 0.1) is 5.41 Å². The number of carbonyl (C=O) groups is 1. The standard InChI is InChI=1S/C13H16F2N2O2S/c1-13(2,11(16)20)7-17-10(18)8-4-3-5-9(6-8)19-12(14)15/h3-6,12H,7H2,1-2H3,(H2,16,20)(H,17,18). The topological polar surface area (TPSA) is 64.3 Å². The van der Waals surface area contributed by atoms with Crippen LogP contribution in [0.15, 0.2) is 24.3 Å². The monoisotopic (exact) mass is 302 g/mol. The minimum absolute atomic E-state index is 0.0683. The largest absolute Gasteiger partial charge is 0.435 e. The van der Waals surface area contributed by atoms with Gasteiger partial charge in [0.05, 0.1) is 4.99 Å². The fraction of sp³-hybridized carbons (Fsp3) is 0.385. The first-order valence-electron chi connectivity index (χ1n) is 5.85. The van der Waals surface area contributed by atoms with E-state index >= 15 is 0 Å². The molecule has 1 aromatic rings. The highest BCUT2D eigenvalue weighted by molar-refractivity contribution is 7.80. The molecule has 0 aliphatic heterocycles. The number of carbonyl (C=O) groups excluding carboxylic acids is 1. The van der Waals surface area contributed by atoms with Crippen LogP contribution in [0.2, 0.25) is 0 Å². The summed E-state index contributed by atoms with van der Waals surface area (Å²) in [5, 5.41) is 2.65. The predicted octanol–water partition coefficient (Wildman–Crippen LogP) is 2.33. The van der Waals surface area contributed by atoms with Gasteiger partial charge in [0, 0.05) is 17.5 Å². The number of hydrogen-bond donors (Lipinski definition) is 2. The summed E-state index contributed by atoms with van der Waals surface area (Å²) in [6, 6.07) is 5.56. The summed E-state index contributed by atoms with van der Waals surface area (Å²) >= 11 is 4.89. The Hall–Kier alpha value is -1.76. The molecular formula is C13H16F2N2O2S. The van der Waals surface area contributed by atoms with Crippen molar-refractivity contribution >= 4 is 23.1 Å².